The molecule has 0 aromatic carbocycles. The number of carbonyl (C=O) groups is 1. The Morgan fingerprint density at radius 1 is 1.04 bits per heavy atom. The predicted molar refractivity (Wildman–Crippen MR) is 94.6 cm³/mol. The smallest absolute Gasteiger partial charge is 0.410 e. The summed E-state index contributed by atoms with van der Waals surface area (Å²) in [5, 5.41) is 0. The highest BCUT2D eigenvalue weighted by atomic mass is 16.6. The van der Waals surface area contributed by atoms with Crippen LogP contribution in [0.3, 0.4) is 0 Å². The van der Waals surface area contributed by atoms with Crippen molar-refractivity contribution >= 4 is 6.09 Å². The molecule has 1 aliphatic carbocycles. The lowest BCUT2D eigenvalue weighted by Gasteiger charge is -2.36. The van der Waals surface area contributed by atoms with Gasteiger partial charge < -0.3 is 14.5 Å². The van der Waals surface area contributed by atoms with Crippen molar-refractivity contribution in [1.82, 2.24) is 9.80 Å². The lowest BCUT2D eigenvalue weighted by Crippen LogP contribution is -2.42. The van der Waals surface area contributed by atoms with Gasteiger partial charge in [-0.25, -0.2) is 4.79 Å². The molecule has 0 spiro atoms. The van der Waals surface area contributed by atoms with Crippen molar-refractivity contribution in [3.63, 3.8) is 0 Å². The van der Waals surface area contributed by atoms with Crippen LogP contribution in [0, 0.1) is 11.8 Å². The lowest BCUT2D eigenvalue weighted by molar-refractivity contribution is 0.0246. The topological polar surface area (TPSA) is 32.8 Å². The molecule has 0 bridgehead atoms. The summed E-state index contributed by atoms with van der Waals surface area (Å²) in [6, 6.07) is 0. The number of ether oxygens (including phenoxy) is 1. The van der Waals surface area contributed by atoms with Crippen LogP contribution < -0.4 is 0 Å². The van der Waals surface area contributed by atoms with Crippen LogP contribution in [0.4, 0.5) is 4.79 Å². The first-order chi connectivity index (χ1) is 10.8. The Balaban J connectivity index is 1.66. The van der Waals surface area contributed by atoms with E-state index in [9.17, 15) is 4.79 Å². The molecule has 4 nitrogen and oxygen atoms in total. The Labute approximate surface area is 142 Å². The van der Waals surface area contributed by atoms with E-state index in [1.54, 1.807) is 4.90 Å². The van der Waals surface area contributed by atoms with E-state index in [0.717, 1.165) is 12.5 Å². The van der Waals surface area contributed by atoms with E-state index in [1.807, 2.05) is 27.8 Å². The minimum atomic E-state index is -0.408. The minimum Gasteiger partial charge on any atom is -0.444 e. The Kier molecular flexibility index (Phi) is 6.75. The molecule has 2 aliphatic rings. The van der Waals surface area contributed by atoms with Crippen molar-refractivity contribution in [3.05, 3.63) is 0 Å². The van der Waals surface area contributed by atoms with Crippen LogP contribution in [-0.2, 0) is 4.74 Å². The molecule has 1 saturated heterocycles. The Morgan fingerprint density at radius 2 is 1.65 bits per heavy atom. The summed E-state index contributed by atoms with van der Waals surface area (Å²) in [5.41, 5.74) is -0.408. The summed E-state index contributed by atoms with van der Waals surface area (Å²) < 4.78 is 5.44. The van der Waals surface area contributed by atoms with E-state index < -0.39 is 5.60 Å². The quantitative estimate of drug-likeness (QED) is 0.779. The maximum absolute atomic E-state index is 12.1. The van der Waals surface area contributed by atoms with Crippen LogP contribution in [0.2, 0.25) is 0 Å². The van der Waals surface area contributed by atoms with E-state index in [4.69, 9.17) is 4.74 Å². The van der Waals surface area contributed by atoms with Crippen molar-refractivity contribution in [2.45, 2.75) is 71.3 Å². The second-order valence-corrected chi connectivity index (χ2v) is 8.61. The molecule has 134 valence electrons. The van der Waals surface area contributed by atoms with Crippen LogP contribution in [0.15, 0.2) is 0 Å². The molecule has 4 heteroatoms. The first kappa shape index (κ1) is 18.6. The molecule has 23 heavy (non-hydrogen) atoms. The summed E-state index contributed by atoms with van der Waals surface area (Å²) in [6.07, 6.45) is 9.39. The van der Waals surface area contributed by atoms with Gasteiger partial charge in [0.25, 0.3) is 0 Å². The monoisotopic (exact) mass is 324 g/mol. The molecule has 0 aromatic heterocycles. The maximum atomic E-state index is 12.1. The molecule has 0 atom stereocenters. The molecule has 1 saturated carbocycles. The third-order valence-corrected chi connectivity index (χ3v) is 5.19. The summed E-state index contributed by atoms with van der Waals surface area (Å²) in [4.78, 5) is 16.5. The second kappa shape index (κ2) is 8.36. The van der Waals surface area contributed by atoms with Gasteiger partial charge in [-0.1, -0.05) is 19.3 Å². The van der Waals surface area contributed by atoms with Crippen molar-refractivity contribution < 1.29 is 9.53 Å². The first-order valence-electron chi connectivity index (χ1n) is 9.50. The molecule has 0 unspecified atom stereocenters. The molecule has 0 radical (unpaired) electrons. The summed E-state index contributed by atoms with van der Waals surface area (Å²) in [5.74, 6) is 1.56. The number of likely N-dealkylation sites (tertiary alicyclic amines) is 1. The van der Waals surface area contributed by atoms with E-state index in [2.05, 4.69) is 4.90 Å². The zero-order chi connectivity index (χ0) is 16.9. The van der Waals surface area contributed by atoms with E-state index in [0.29, 0.717) is 5.92 Å². The molecule has 1 aliphatic heterocycles. The minimum absolute atomic E-state index is 0.192. The summed E-state index contributed by atoms with van der Waals surface area (Å²) >= 11 is 0. The van der Waals surface area contributed by atoms with Crippen molar-refractivity contribution in [2.24, 2.45) is 11.8 Å². The average Bonchev–Trinajstić information content (AvgIpc) is 2.48. The van der Waals surface area contributed by atoms with Crippen LogP contribution >= 0.6 is 0 Å². The van der Waals surface area contributed by atoms with Crippen LogP contribution in [0.5, 0.6) is 0 Å². The predicted octanol–water partition coefficient (Wildman–Crippen LogP) is 4.15. The third kappa shape index (κ3) is 6.70. The first-order valence-corrected chi connectivity index (χ1v) is 9.50. The number of piperidine rings is 1. The maximum Gasteiger partial charge on any atom is 0.410 e. The van der Waals surface area contributed by atoms with Gasteiger partial charge in [0.05, 0.1) is 0 Å². The normalized spacial score (nSPS) is 22.1. The summed E-state index contributed by atoms with van der Waals surface area (Å²) in [6.45, 7) is 10.3. The highest BCUT2D eigenvalue weighted by molar-refractivity contribution is 5.67. The zero-order valence-electron chi connectivity index (χ0n) is 15.6. The number of nitrogens with zero attached hydrogens (tertiary/aromatic N) is 2. The number of amides is 1. The van der Waals surface area contributed by atoms with Gasteiger partial charge in [0, 0.05) is 20.1 Å². The Bertz CT molecular complexity index is 364. The van der Waals surface area contributed by atoms with E-state index in [1.165, 1.54) is 64.6 Å². The molecule has 1 heterocycles. The Hall–Kier alpha value is -0.770. The largest absolute Gasteiger partial charge is 0.444 e. The molecular formula is C19H36N2O2. The van der Waals surface area contributed by atoms with E-state index >= 15 is 0 Å². The molecule has 0 N–H and O–H groups in total. The number of rotatable bonds is 4. The van der Waals surface area contributed by atoms with Gasteiger partial charge in [0.2, 0.25) is 0 Å². The fourth-order valence-corrected chi connectivity index (χ4v) is 3.89. The van der Waals surface area contributed by atoms with Crippen LogP contribution in [-0.4, -0.2) is 54.7 Å². The highest BCUT2D eigenvalue weighted by Crippen LogP contribution is 2.26. The summed E-state index contributed by atoms with van der Waals surface area (Å²) in [7, 11) is 1.86. The zero-order valence-corrected chi connectivity index (χ0v) is 15.6. The van der Waals surface area contributed by atoms with Gasteiger partial charge in [-0.15, -0.1) is 0 Å². The molecular weight excluding hydrogens is 288 g/mol. The van der Waals surface area contributed by atoms with Crippen molar-refractivity contribution in [2.75, 3.05) is 33.2 Å². The standard InChI is InChI=1S/C19H36N2O2/c1-19(2,3)23-18(22)20(4)14-17-10-12-21(13-11-17)15-16-8-6-5-7-9-16/h16-17H,5-15H2,1-4H3. The Morgan fingerprint density at radius 3 is 2.22 bits per heavy atom. The number of hydrogen-bond acceptors (Lipinski definition) is 3. The van der Waals surface area contributed by atoms with Gasteiger partial charge in [-0.3, -0.25) is 0 Å². The fraction of sp³-hybridized carbons (Fsp3) is 0.947. The third-order valence-electron chi connectivity index (χ3n) is 5.19. The SMILES string of the molecule is CN(CC1CCN(CC2CCCCC2)CC1)C(=O)OC(C)(C)C. The fourth-order valence-electron chi connectivity index (χ4n) is 3.89. The highest BCUT2D eigenvalue weighted by Gasteiger charge is 2.26. The molecule has 1 amide bonds. The number of carbonyl (C=O) groups excluding carboxylic acids is 1. The lowest BCUT2D eigenvalue weighted by atomic mass is 9.88. The second-order valence-electron chi connectivity index (χ2n) is 8.61. The van der Waals surface area contributed by atoms with Crippen LogP contribution in [0.25, 0.3) is 0 Å². The van der Waals surface area contributed by atoms with Crippen molar-refractivity contribution in [3.8, 4) is 0 Å². The van der Waals surface area contributed by atoms with Gasteiger partial charge in [0.15, 0.2) is 0 Å². The van der Waals surface area contributed by atoms with E-state index in [-0.39, 0.29) is 6.09 Å². The van der Waals surface area contributed by atoms with Gasteiger partial charge in [-0.2, -0.15) is 0 Å². The average molecular weight is 325 g/mol. The molecule has 2 fully saturated rings. The van der Waals surface area contributed by atoms with Gasteiger partial charge in [-0.05, 0) is 71.4 Å². The van der Waals surface area contributed by atoms with Crippen molar-refractivity contribution in [1.29, 1.82) is 0 Å². The van der Waals surface area contributed by atoms with Crippen LogP contribution in [0.1, 0.15) is 65.7 Å². The number of hydrogen-bond donors (Lipinski definition) is 0. The molecule has 0 aromatic rings. The van der Waals surface area contributed by atoms with Gasteiger partial charge >= 0.3 is 6.09 Å². The van der Waals surface area contributed by atoms with Gasteiger partial charge in [0.1, 0.15) is 5.60 Å². The molecule has 2 rings (SSSR count).